The van der Waals surface area contributed by atoms with E-state index in [9.17, 15) is 18.0 Å². The van der Waals surface area contributed by atoms with Crippen LogP contribution in [0.25, 0.3) is 0 Å². The third kappa shape index (κ3) is 6.02. The predicted octanol–water partition coefficient (Wildman–Crippen LogP) is 1.42. The summed E-state index contributed by atoms with van der Waals surface area (Å²) in [5.41, 5.74) is 0.509. The minimum absolute atomic E-state index is 0.0322. The van der Waals surface area contributed by atoms with E-state index in [1.54, 1.807) is 23.1 Å². The van der Waals surface area contributed by atoms with E-state index in [-0.39, 0.29) is 36.0 Å². The van der Waals surface area contributed by atoms with Gasteiger partial charge in [0.25, 0.3) is 11.8 Å². The number of rotatable bonds is 7. The van der Waals surface area contributed by atoms with E-state index in [1.165, 1.54) is 0 Å². The molecule has 9 nitrogen and oxygen atoms in total. The predicted molar refractivity (Wildman–Crippen MR) is 128 cm³/mol. The van der Waals surface area contributed by atoms with Gasteiger partial charge in [-0.25, -0.2) is 8.42 Å². The lowest BCUT2D eigenvalue weighted by molar-refractivity contribution is -0.134. The summed E-state index contributed by atoms with van der Waals surface area (Å²) in [5, 5.41) is 0. The number of likely N-dealkylation sites (tertiary alicyclic amines) is 1. The molecule has 3 aliphatic heterocycles. The first-order valence-corrected chi connectivity index (χ1v) is 14.1. The number of sulfone groups is 1. The van der Waals surface area contributed by atoms with Gasteiger partial charge in [0.1, 0.15) is 0 Å². The van der Waals surface area contributed by atoms with Crippen molar-refractivity contribution in [2.24, 2.45) is 0 Å². The van der Waals surface area contributed by atoms with Crippen molar-refractivity contribution < 1.29 is 27.5 Å². The largest absolute Gasteiger partial charge is 0.490 e. The third-order valence-corrected chi connectivity index (χ3v) is 8.63. The summed E-state index contributed by atoms with van der Waals surface area (Å²) >= 11 is 0. The SMILES string of the molecule is CCOc1cc(C(=O)N2CCN(C3CCS(=O)(=O)C3)CC2)ccc1OCC(=O)N1CCCCC1. The molecule has 3 saturated heterocycles. The average Bonchev–Trinajstić information content (AvgIpc) is 3.23. The number of carbonyl (C=O) groups is 2. The second kappa shape index (κ2) is 10.9. The van der Waals surface area contributed by atoms with Gasteiger partial charge < -0.3 is 19.3 Å². The molecule has 0 spiro atoms. The molecule has 1 unspecified atom stereocenters. The molecule has 1 aromatic carbocycles. The number of carbonyl (C=O) groups excluding carboxylic acids is 2. The van der Waals surface area contributed by atoms with Crippen molar-refractivity contribution in [1.29, 1.82) is 0 Å². The van der Waals surface area contributed by atoms with Crippen LogP contribution in [-0.2, 0) is 14.6 Å². The molecule has 0 aromatic heterocycles. The molecule has 34 heavy (non-hydrogen) atoms. The number of nitrogens with zero attached hydrogens (tertiary/aromatic N) is 3. The van der Waals surface area contributed by atoms with Crippen LogP contribution < -0.4 is 9.47 Å². The summed E-state index contributed by atoms with van der Waals surface area (Å²) < 4.78 is 35.1. The molecule has 0 saturated carbocycles. The lowest BCUT2D eigenvalue weighted by Gasteiger charge is -2.37. The van der Waals surface area contributed by atoms with E-state index >= 15 is 0 Å². The monoisotopic (exact) mass is 493 g/mol. The number of hydrogen-bond acceptors (Lipinski definition) is 7. The first kappa shape index (κ1) is 24.8. The van der Waals surface area contributed by atoms with Crippen molar-refractivity contribution in [2.75, 3.05) is 64.0 Å². The van der Waals surface area contributed by atoms with Gasteiger partial charge in [-0.3, -0.25) is 14.5 Å². The summed E-state index contributed by atoms with van der Waals surface area (Å²) in [4.78, 5) is 31.4. The Kier molecular flexibility index (Phi) is 7.98. The van der Waals surface area contributed by atoms with Crippen LogP contribution in [0.1, 0.15) is 43.0 Å². The zero-order chi connectivity index (χ0) is 24.1. The van der Waals surface area contributed by atoms with Crippen molar-refractivity contribution in [3.63, 3.8) is 0 Å². The van der Waals surface area contributed by atoms with Crippen molar-refractivity contribution >= 4 is 21.7 Å². The Morgan fingerprint density at radius 2 is 1.68 bits per heavy atom. The quantitative estimate of drug-likeness (QED) is 0.567. The van der Waals surface area contributed by atoms with Crippen LogP contribution in [0, 0.1) is 0 Å². The normalized spacial score (nSPS) is 23.0. The smallest absolute Gasteiger partial charge is 0.260 e. The standard InChI is InChI=1S/C24H35N3O6S/c1-2-32-22-16-19(6-7-21(22)33-17-23(28)26-9-4-3-5-10-26)24(29)27-13-11-25(12-14-27)20-8-15-34(30,31)18-20/h6-7,16,20H,2-5,8-15,17-18H2,1H3. The highest BCUT2D eigenvalue weighted by Gasteiger charge is 2.34. The fourth-order valence-electron chi connectivity index (χ4n) is 4.94. The summed E-state index contributed by atoms with van der Waals surface area (Å²) in [6.07, 6.45) is 3.89. The molecule has 1 aromatic rings. The lowest BCUT2D eigenvalue weighted by atomic mass is 10.1. The fourth-order valence-corrected chi connectivity index (χ4v) is 6.70. The molecule has 4 rings (SSSR count). The van der Waals surface area contributed by atoms with Crippen molar-refractivity contribution in [3.05, 3.63) is 23.8 Å². The van der Waals surface area contributed by atoms with Gasteiger partial charge in [-0.2, -0.15) is 0 Å². The van der Waals surface area contributed by atoms with Gasteiger partial charge in [-0.05, 0) is 50.8 Å². The fraction of sp³-hybridized carbons (Fsp3) is 0.667. The highest BCUT2D eigenvalue weighted by molar-refractivity contribution is 7.91. The molecule has 3 aliphatic rings. The minimum atomic E-state index is -2.92. The third-order valence-electron chi connectivity index (χ3n) is 6.88. The van der Waals surface area contributed by atoms with Crippen molar-refractivity contribution in [3.8, 4) is 11.5 Å². The molecular formula is C24H35N3O6S. The molecule has 3 fully saturated rings. The first-order valence-electron chi connectivity index (χ1n) is 12.3. The van der Waals surface area contributed by atoms with Crippen LogP contribution in [0.5, 0.6) is 11.5 Å². The van der Waals surface area contributed by atoms with Crippen LogP contribution in [-0.4, -0.2) is 105 Å². The molecular weight excluding hydrogens is 458 g/mol. The minimum Gasteiger partial charge on any atom is -0.490 e. The highest BCUT2D eigenvalue weighted by Crippen LogP contribution is 2.29. The van der Waals surface area contributed by atoms with E-state index < -0.39 is 9.84 Å². The Morgan fingerprint density at radius 3 is 2.32 bits per heavy atom. The van der Waals surface area contributed by atoms with Gasteiger partial charge in [0.05, 0.1) is 18.1 Å². The average molecular weight is 494 g/mol. The van der Waals surface area contributed by atoms with Crippen LogP contribution in [0.15, 0.2) is 18.2 Å². The molecule has 188 valence electrons. The topological polar surface area (TPSA) is 96.5 Å². The molecule has 10 heteroatoms. The second-order valence-corrected chi connectivity index (χ2v) is 11.4. The maximum Gasteiger partial charge on any atom is 0.260 e. The van der Waals surface area contributed by atoms with Crippen LogP contribution >= 0.6 is 0 Å². The maximum absolute atomic E-state index is 13.1. The number of piperazine rings is 1. The van der Waals surface area contributed by atoms with Gasteiger partial charge in [-0.1, -0.05) is 0 Å². The summed E-state index contributed by atoms with van der Waals surface area (Å²) in [7, 11) is -2.92. The molecule has 0 N–H and O–H groups in total. The van der Waals surface area contributed by atoms with Crippen molar-refractivity contribution in [2.45, 2.75) is 38.6 Å². The van der Waals surface area contributed by atoms with E-state index in [4.69, 9.17) is 9.47 Å². The molecule has 0 radical (unpaired) electrons. The number of hydrogen-bond donors (Lipinski definition) is 0. The number of ether oxygens (including phenoxy) is 2. The first-order chi connectivity index (χ1) is 16.4. The molecule has 3 heterocycles. The van der Waals surface area contributed by atoms with Crippen LogP contribution in [0.2, 0.25) is 0 Å². The van der Waals surface area contributed by atoms with E-state index in [1.807, 2.05) is 11.8 Å². The second-order valence-electron chi connectivity index (χ2n) is 9.21. The van der Waals surface area contributed by atoms with E-state index in [0.29, 0.717) is 56.3 Å². The zero-order valence-corrected chi connectivity index (χ0v) is 20.7. The summed E-state index contributed by atoms with van der Waals surface area (Å²) in [6, 6.07) is 5.15. The van der Waals surface area contributed by atoms with Gasteiger partial charge in [0, 0.05) is 50.9 Å². The Bertz CT molecular complexity index is 984. The van der Waals surface area contributed by atoms with Crippen LogP contribution in [0.3, 0.4) is 0 Å². The number of amides is 2. The summed E-state index contributed by atoms with van der Waals surface area (Å²) in [5.74, 6) is 1.27. The Labute approximate surface area is 201 Å². The Morgan fingerprint density at radius 1 is 0.941 bits per heavy atom. The number of benzene rings is 1. The molecule has 2 amide bonds. The molecule has 1 atom stereocenters. The van der Waals surface area contributed by atoms with Gasteiger partial charge in [0.2, 0.25) is 0 Å². The summed E-state index contributed by atoms with van der Waals surface area (Å²) in [6.45, 7) is 6.23. The van der Waals surface area contributed by atoms with E-state index in [0.717, 1.165) is 32.4 Å². The zero-order valence-electron chi connectivity index (χ0n) is 19.9. The molecule has 0 aliphatic carbocycles. The maximum atomic E-state index is 13.1. The highest BCUT2D eigenvalue weighted by atomic mass is 32.2. The van der Waals surface area contributed by atoms with Crippen LogP contribution in [0.4, 0.5) is 0 Å². The molecule has 0 bridgehead atoms. The lowest BCUT2D eigenvalue weighted by Crippen LogP contribution is -2.52. The Balaban J connectivity index is 1.34. The van der Waals surface area contributed by atoms with Gasteiger partial charge in [0.15, 0.2) is 27.9 Å². The van der Waals surface area contributed by atoms with Gasteiger partial charge in [-0.15, -0.1) is 0 Å². The van der Waals surface area contributed by atoms with Gasteiger partial charge >= 0.3 is 0 Å². The Hall–Kier alpha value is -2.33. The van der Waals surface area contributed by atoms with E-state index in [2.05, 4.69) is 4.90 Å². The number of piperidine rings is 1. The van der Waals surface area contributed by atoms with Crippen molar-refractivity contribution in [1.82, 2.24) is 14.7 Å².